The SMILES string of the molecule is CCCCOP(=O)([O-])OCCCC.CCCC[n+]1cc(S(=O)(=O)C(F)(F)F)n(C)c1S(=O)(=O)C(F)(F)F. The van der Waals surface area contributed by atoms with Crippen LogP contribution in [0, 0.1) is 0 Å². The molecule has 19 heteroatoms. The Bertz CT molecular complexity index is 1100. The summed E-state index contributed by atoms with van der Waals surface area (Å²) in [5.41, 5.74) is -11.6. The Morgan fingerprint density at radius 3 is 1.62 bits per heavy atom. The molecule has 0 radical (unpaired) electrons. The molecule has 0 saturated carbocycles. The average molecular weight is 613 g/mol. The molecule has 0 spiro atoms. The van der Waals surface area contributed by atoms with Gasteiger partial charge in [-0.25, -0.2) is 26.0 Å². The lowest BCUT2D eigenvalue weighted by molar-refractivity contribution is -0.735. The van der Waals surface area contributed by atoms with E-state index in [4.69, 9.17) is 0 Å². The monoisotopic (exact) mass is 612 g/mol. The van der Waals surface area contributed by atoms with Crippen LogP contribution in [0.1, 0.15) is 59.3 Å². The third-order valence-electron chi connectivity index (χ3n) is 4.50. The maximum Gasteiger partial charge on any atom is 0.509 e. The molecule has 0 bridgehead atoms. The van der Waals surface area contributed by atoms with Crippen molar-refractivity contribution in [3.8, 4) is 0 Å². The van der Waals surface area contributed by atoms with Gasteiger partial charge in [-0.2, -0.15) is 26.3 Å². The van der Waals surface area contributed by atoms with Crippen LogP contribution in [-0.2, 0) is 46.9 Å². The number of aryl methyl sites for hydroxylation is 1. The van der Waals surface area contributed by atoms with Gasteiger partial charge in [-0.15, -0.1) is 0 Å². The van der Waals surface area contributed by atoms with E-state index in [9.17, 15) is 52.6 Å². The fraction of sp³-hybridized carbons (Fsp3) is 0.833. The molecule has 0 aliphatic carbocycles. The zero-order valence-corrected chi connectivity index (χ0v) is 23.2. The molecule has 1 aromatic rings. The van der Waals surface area contributed by atoms with Gasteiger partial charge in [0.2, 0.25) is 0 Å². The molecule has 0 saturated heterocycles. The van der Waals surface area contributed by atoms with Crippen LogP contribution in [0.25, 0.3) is 0 Å². The lowest BCUT2D eigenvalue weighted by Gasteiger charge is -2.22. The van der Waals surface area contributed by atoms with E-state index in [0.717, 1.165) is 25.7 Å². The van der Waals surface area contributed by atoms with E-state index in [-0.39, 0.29) is 30.4 Å². The average Bonchev–Trinajstić information content (AvgIpc) is 3.08. The van der Waals surface area contributed by atoms with E-state index in [0.29, 0.717) is 18.0 Å². The van der Waals surface area contributed by atoms with E-state index < -0.39 is 55.2 Å². The van der Waals surface area contributed by atoms with Gasteiger partial charge in [0.05, 0.1) is 26.8 Å². The first-order chi connectivity index (χ1) is 16.7. The molecule has 220 valence electrons. The molecule has 0 aliphatic heterocycles. The quantitative estimate of drug-likeness (QED) is 0.142. The van der Waals surface area contributed by atoms with Gasteiger partial charge in [-0.05, 0) is 19.3 Å². The van der Waals surface area contributed by atoms with Crippen LogP contribution in [0.2, 0.25) is 0 Å². The highest BCUT2D eigenvalue weighted by Gasteiger charge is 2.58. The number of aromatic nitrogens is 2. The van der Waals surface area contributed by atoms with E-state index >= 15 is 0 Å². The molecule has 0 N–H and O–H groups in total. The second-order valence-electron chi connectivity index (χ2n) is 7.57. The third kappa shape index (κ3) is 10.1. The van der Waals surface area contributed by atoms with Gasteiger partial charge in [0.1, 0.15) is 0 Å². The van der Waals surface area contributed by atoms with Crippen molar-refractivity contribution in [3.05, 3.63) is 6.20 Å². The summed E-state index contributed by atoms with van der Waals surface area (Å²) in [4.78, 5) is 11.0. The number of nitrogens with zero attached hydrogens (tertiary/aromatic N) is 2. The molecular weight excluding hydrogens is 581 g/mol. The lowest BCUT2D eigenvalue weighted by atomic mass is 10.3. The number of phosphoric ester groups is 1. The minimum Gasteiger partial charge on any atom is -0.756 e. The first-order valence-corrected chi connectivity index (χ1v) is 15.5. The minimum absolute atomic E-state index is 0.124. The Balaban J connectivity index is 0.000000845. The molecule has 0 atom stereocenters. The Labute approximate surface area is 212 Å². The highest BCUT2D eigenvalue weighted by molar-refractivity contribution is 7.92. The minimum atomic E-state index is -6.06. The molecule has 10 nitrogen and oxygen atoms in total. The maximum atomic E-state index is 12.8. The first-order valence-electron chi connectivity index (χ1n) is 11.0. The van der Waals surface area contributed by atoms with E-state index in [1.165, 1.54) is 0 Å². The standard InChI is InChI=1S/C10H13F6N2O4S2.C8H19O4P/c1-3-4-5-18-6-7(23(19,20)9(11,12)13)17(2)8(18)24(21,22)10(14,15)16;1-3-5-7-11-13(9,10)12-8-6-4-2/h6H,3-5H2,1-2H3;3-8H2,1-2H3,(H,9,10)/q+1;/p-1. The fourth-order valence-electron chi connectivity index (χ4n) is 2.54. The number of hydrogen-bond acceptors (Lipinski definition) is 8. The van der Waals surface area contributed by atoms with Gasteiger partial charge in [0.15, 0.2) is 6.20 Å². The molecule has 0 aliphatic rings. The Morgan fingerprint density at radius 2 is 1.27 bits per heavy atom. The predicted molar refractivity (Wildman–Crippen MR) is 116 cm³/mol. The van der Waals surface area contributed by atoms with Crippen molar-refractivity contribution < 1.29 is 66.3 Å². The molecule has 1 heterocycles. The molecule has 0 aromatic carbocycles. The number of hydrogen-bond donors (Lipinski definition) is 0. The maximum absolute atomic E-state index is 12.8. The van der Waals surface area contributed by atoms with Gasteiger partial charge in [0, 0.05) is 0 Å². The molecule has 0 amide bonds. The summed E-state index contributed by atoms with van der Waals surface area (Å²) in [5, 5.41) is -3.17. The third-order valence-corrected chi connectivity index (χ3v) is 8.64. The molecule has 0 fully saturated rings. The normalized spacial score (nSPS) is 13.4. The highest BCUT2D eigenvalue weighted by Crippen LogP contribution is 2.38. The number of phosphoric acid groups is 1. The fourth-order valence-corrected chi connectivity index (χ4v) is 5.44. The summed E-state index contributed by atoms with van der Waals surface area (Å²) < 4.78 is 143. The zero-order chi connectivity index (χ0) is 29.3. The number of sulfone groups is 2. The van der Waals surface area contributed by atoms with Crippen molar-refractivity contribution in [1.29, 1.82) is 0 Å². The van der Waals surface area contributed by atoms with Crippen LogP contribution in [-0.4, -0.2) is 45.6 Å². The molecule has 1 rings (SSSR count). The molecular formula is C18H31F6N2O8PS2. The molecule has 0 unspecified atom stereocenters. The van der Waals surface area contributed by atoms with Crippen LogP contribution >= 0.6 is 7.82 Å². The second-order valence-corrected chi connectivity index (χ2v) is 12.7. The summed E-state index contributed by atoms with van der Waals surface area (Å²) in [5.74, 6) is 0. The first kappa shape index (κ1) is 35.8. The largest absolute Gasteiger partial charge is 0.756 e. The number of unbranched alkanes of at least 4 members (excludes halogenated alkanes) is 3. The zero-order valence-electron chi connectivity index (χ0n) is 20.6. The summed E-state index contributed by atoms with van der Waals surface area (Å²) >= 11 is 0. The predicted octanol–water partition coefficient (Wildman–Crippen LogP) is 3.79. The van der Waals surface area contributed by atoms with Crippen molar-refractivity contribution in [2.75, 3.05) is 13.2 Å². The summed E-state index contributed by atoms with van der Waals surface area (Å²) in [6.45, 7) is 5.60. The van der Waals surface area contributed by atoms with E-state index in [1.54, 1.807) is 6.92 Å². The number of imidazole rings is 1. The number of alkyl halides is 6. The number of rotatable bonds is 13. The van der Waals surface area contributed by atoms with Crippen molar-refractivity contribution in [1.82, 2.24) is 4.57 Å². The topological polar surface area (TPSA) is 136 Å². The van der Waals surface area contributed by atoms with Gasteiger partial charge in [0.25, 0.3) is 12.8 Å². The Kier molecular flexibility index (Phi) is 13.8. The van der Waals surface area contributed by atoms with Gasteiger partial charge in [-0.1, -0.05) is 40.0 Å². The second kappa shape index (κ2) is 14.3. The van der Waals surface area contributed by atoms with Crippen LogP contribution in [0.5, 0.6) is 0 Å². The van der Waals surface area contributed by atoms with Gasteiger partial charge < -0.3 is 13.9 Å². The Hall–Kier alpha value is -1.20. The van der Waals surface area contributed by atoms with Crippen molar-refractivity contribution in [2.24, 2.45) is 7.05 Å². The highest BCUT2D eigenvalue weighted by atomic mass is 32.2. The van der Waals surface area contributed by atoms with Crippen molar-refractivity contribution in [3.63, 3.8) is 0 Å². The van der Waals surface area contributed by atoms with Crippen LogP contribution in [0.15, 0.2) is 16.4 Å². The summed E-state index contributed by atoms with van der Waals surface area (Å²) in [7, 11) is -15.6. The van der Waals surface area contributed by atoms with Crippen molar-refractivity contribution >= 4 is 27.5 Å². The molecule has 37 heavy (non-hydrogen) atoms. The van der Waals surface area contributed by atoms with Crippen molar-refractivity contribution in [2.45, 2.75) is 87.0 Å². The van der Waals surface area contributed by atoms with Crippen LogP contribution in [0.4, 0.5) is 26.3 Å². The molecule has 1 aromatic heterocycles. The van der Waals surface area contributed by atoms with Crippen LogP contribution < -0.4 is 9.46 Å². The van der Waals surface area contributed by atoms with E-state index in [2.05, 4.69) is 9.05 Å². The number of halogens is 6. The van der Waals surface area contributed by atoms with E-state index in [1.807, 2.05) is 13.8 Å². The van der Waals surface area contributed by atoms with Crippen LogP contribution in [0.3, 0.4) is 0 Å². The van der Waals surface area contributed by atoms with Gasteiger partial charge >= 0.3 is 35.8 Å². The summed E-state index contributed by atoms with van der Waals surface area (Å²) in [6.07, 6.45) is 4.06. The smallest absolute Gasteiger partial charge is 0.509 e. The lowest BCUT2D eigenvalue weighted by Crippen LogP contribution is -2.42. The summed E-state index contributed by atoms with van der Waals surface area (Å²) in [6, 6.07) is 0. The van der Waals surface area contributed by atoms with Gasteiger partial charge in [-0.3, -0.25) is 4.57 Å². The Morgan fingerprint density at radius 1 is 0.865 bits per heavy atom.